The average Bonchev–Trinajstić information content (AvgIpc) is 3.28. The Morgan fingerprint density at radius 1 is 0.929 bits per heavy atom. The third-order valence-electron chi connectivity index (χ3n) is 5.11. The fourth-order valence-electron chi connectivity index (χ4n) is 3.79. The lowest BCUT2D eigenvalue weighted by Crippen LogP contribution is -2.30. The lowest BCUT2D eigenvalue weighted by Gasteiger charge is -2.08. The number of benzene rings is 3. The number of nitrogens with zero attached hydrogens (tertiary/aromatic N) is 1. The van der Waals surface area contributed by atoms with Gasteiger partial charge in [-0.15, -0.1) is 0 Å². The highest BCUT2D eigenvalue weighted by molar-refractivity contribution is 6.08. The molecular formula is C23H20N4O. The van der Waals surface area contributed by atoms with Crippen molar-refractivity contribution in [3.8, 4) is 11.1 Å². The molecule has 2 aromatic heterocycles. The Hall–Kier alpha value is -3.57. The zero-order chi connectivity index (χ0) is 19.1. The minimum atomic E-state index is -0.0756. The van der Waals surface area contributed by atoms with Crippen molar-refractivity contribution in [2.45, 2.75) is 0 Å². The largest absolute Gasteiger partial charge is 0.354 e. The molecule has 0 saturated heterocycles. The molecule has 2 heterocycles. The summed E-state index contributed by atoms with van der Waals surface area (Å²) >= 11 is 0. The Morgan fingerprint density at radius 3 is 2.61 bits per heavy atom. The van der Waals surface area contributed by atoms with Crippen LogP contribution in [0.3, 0.4) is 0 Å². The summed E-state index contributed by atoms with van der Waals surface area (Å²) in [5, 5.41) is 6.42. The van der Waals surface area contributed by atoms with Crippen molar-refractivity contribution in [3.05, 3.63) is 72.9 Å². The van der Waals surface area contributed by atoms with Crippen molar-refractivity contribution in [1.29, 1.82) is 0 Å². The molecule has 0 unspecified atom stereocenters. The van der Waals surface area contributed by atoms with E-state index in [1.807, 2.05) is 24.4 Å². The molecule has 5 aromatic rings. The van der Waals surface area contributed by atoms with E-state index in [0.717, 1.165) is 33.1 Å². The first-order valence-corrected chi connectivity index (χ1v) is 9.29. The number of amides is 1. The second-order valence-corrected chi connectivity index (χ2v) is 6.96. The summed E-state index contributed by atoms with van der Waals surface area (Å²) in [4.78, 5) is 15.3. The average molecular weight is 368 g/mol. The number of para-hydroxylation sites is 1. The maximum atomic E-state index is 11.8. The van der Waals surface area contributed by atoms with E-state index in [4.69, 9.17) is 0 Å². The van der Waals surface area contributed by atoms with E-state index in [0.29, 0.717) is 0 Å². The second kappa shape index (κ2) is 6.55. The molecule has 0 bridgehead atoms. The van der Waals surface area contributed by atoms with Gasteiger partial charge in [0.15, 0.2) is 0 Å². The van der Waals surface area contributed by atoms with E-state index in [1.54, 1.807) is 11.7 Å². The van der Waals surface area contributed by atoms with Gasteiger partial charge < -0.3 is 10.3 Å². The van der Waals surface area contributed by atoms with Gasteiger partial charge in [-0.05, 0) is 48.5 Å². The molecule has 0 atom stereocenters. The highest BCUT2D eigenvalue weighted by atomic mass is 16.2. The van der Waals surface area contributed by atoms with E-state index in [9.17, 15) is 4.79 Å². The van der Waals surface area contributed by atoms with E-state index in [2.05, 4.69) is 64.3 Å². The van der Waals surface area contributed by atoms with Crippen molar-refractivity contribution in [3.63, 3.8) is 0 Å². The quantitative estimate of drug-likeness (QED) is 0.444. The van der Waals surface area contributed by atoms with Crippen LogP contribution in [-0.2, 0) is 4.79 Å². The van der Waals surface area contributed by atoms with E-state index < -0.39 is 0 Å². The van der Waals surface area contributed by atoms with Crippen LogP contribution in [0.25, 0.3) is 43.8 Å². The molecule has 0 aliphatic carbocycles. The summed E-state index contributed by atoms with van der Waals surface area (Å²) in [5.74, 6) is -0.0756. The number of H-pyrrole nitrogens is 1. The Kier molecular flexibility index (Phi) is 3.88. The van der Waals surface area contributed by atoms with Crippen LogP contribution >= 0.6 is 0 Å². The van der Waals surface area contributed by atoms with E-state index in [-0.39, 0.29) is 12.5 Å². The molecular weight excluding hydrogens is 348 g/mol. The second-order valence-electron chi connectivity index (χ2n) is 6.96. The number of carbonyl (C=O) groups is 1. The Bertz CT molecular complexity index is 1330. The minimum Gasteiger partial charge on any atom is -0.354 e. The number of rotatable bonds is 4. The fourth-order valence-corrected chi connectivity index (χ4v) is 3.79. The molecule has 5 nitrogen and oxygen atoms in total. The predicted octanol–water partition coefficient (Wildman–Crippen LogP) is 4.23. The first-order chi connectivity index (χ1) is 13.7. The molecule has 5 heteroatoms. The van der Waals surface area contributed by atoms with Gasteiger partial charge in [0.1, 0.15) is 0 Å². The van der Waals surface area contributed by atoms with Gasteiger partial charge in [-0.1, -0.05) is 36.4 Å². The number of nitrogens with one attached hydrogen (secondary N) is 3. The lowest BCUT2D eigenvalue weighted by molar-refractivity contribution is -0.116. The number of carbonyl (C=O) groups excluding carboxylic acids is 1. The Balaban J connectivity index is 1.53. The topological polar surface area (TPSA) is 61.9 Å². The molecule has 0 spiro atoms. The molecule has 5 rings (SSSR count). The van der Waals surface area contributed by atoms with E-state index >= 15 is 0 Å². The predicted molar refractivity (Wildman–Crippen MR) is 115 cm³/mol. The summed E-state index contributed by atoms with van der Waals surface area (Å²) < 4.78 is 1.76. The number of hydrogen-bond donors (Lipinski definition) is 3. The smallest absolute Gasteiger partial charge is 0.252 e. The van der Waals surface area contributed by atoms with Gasteiger partial charge in [0, 0.05) is 33.4 Å². The van der Waals surface area contributed by atoms with Crippen LogP contribution in [0.15, 0.2) is 72.9 Å². The number of aromatic amines is 1. The highest BCUT2D eigenvalue weighted by Crippen LogP contribution is 2.31. The first kappa shape index (κ1) is 16.6. The van der Waals surface area contributed by atoms with Gasteiger partial charge in [0.05, 0.1) is 12.1 Å². The minimum absolute atomic E-state index is 0.0756. The van der Waals surface area contributed by atoms with Crippen LogP contribution in [0.2, 0.25) is 0 Å². The van der Waals surface area contributed by atoms with Crippen molar-refractivity contribution >= 4 is 38.6 Å². The standard InChI is InChI=1S/C23H20N4O/c1-24-14-23(28)26-27-11-10-17-12-15(7-9-22(17)27)16-6-8-19-18-4-2-3-5-20(18)25-21(19)13-16/h2-13,24-25H,14H2,1H3,(H,26,28). The molecule has 0 radical (unpaired) electrons. The summed E-state index contributed by atoms with van der Waals surface area (Å²) in [6.45, 7) is 0.280. The van der Waals surface area contributed by atoms with Crippen LogP contribution in [0.4, 0.5) is 0 Å². The lowest BCUT2D eigenvalue weighted by atomic mass is 10.0. The zero-order valence-electron chi connectivity index (χ0n) is 15.5. The van der Waals surface area contributed by atoms with Crippen LogP contribution < -0.4 is 10.7 Å². The van der Waals surface area contributed by atoms with Crippen LogP contribution in [0.5, 0.6) is 0 Å². The Morgan fingerprint density at radius 2 is 1.71 bits per heavy atom. The molecule has 1 amide bonds. The number of aromatic nitrogens is 2. The first-order valence-electron chi connectivity index (χ1n) is 9.29. The van der Waals surface area contributed by atoms with Gasteiger partial charge in [-0.25, -0.2) is 0 Å². The third-order valence-corrected chi connectivity index (χ3v) is 5.11. The van der Waals surface area contributed by atoms with Crippen molar-refractivity contribution in [2.24, 2.45) is 0 Å². The maximum Gasteiger partial charge on any atom is 0.252 e. The van der Waals surface area contributed by atoms with Crippen molar-refractivity contribution in [2.75, 3.05) is 19.0 Å². The summed E-state index contributed by atoms with van der Waals surface area (Å²) in [7, 11) is 1.75. The number of hydrogen-bond acceptors (Lipinski definition) is 2. The van der Waals surface area contributed by atoms with Crippen LogP contribution in [-0.4, -0.2) is 29.2 Å². The SMILES string of the molecule is CNCC(=O)Nn1ccc2cc(-c3ccc4c(c3)[nH]c3ccccc34)ccc21. The summed E-state index contributed by atoms with van der Waals surface area (Å²) in [6.07, 6.45) is 1.88. The monoisotopic (exact) mass is 368 g/mol. The van der Waals surface area contributed by atoms with Crippen LogP contribution in [0, 0.1) is 0 Å². The fraction of sp³-hybridized carbons (Fsp3) is 0.0870. The normalized spacial score (nSPS) is 11.5. The van der Waals surface area contributed by atoms with Crippen LogP contribution in [0.1, 0.15) is 0 Å². The summed E-state index contributed by atoms with van der Waals surface area (Å²) in [5.41, 5.74) is 8.44. The zero-order valence-corrected chi connectivity index (χ0v) is 15.5. The molecule has 3 aromatic carbocycles. The maximum absolute atomic E-state index is 11.8. The van der Waals surface area contributed by atoms with Crippen molar-refractivity contribution < 1.29 is 4.79 Å². The van der Waals surface area contributed by atoms with Crippen molar-refractivity contribution in [1.82, 2.24) is 15.0 Å². The third kappa shape index (κ3) is 2.73. The Labute approximate surface area is 161 Å². The van der Waals surface area contributed by atoms with E-state index in [1.165, 1.54) is 10.8 Å². The molecule has 0 saturated carbocycles. The van der Waals surface area contributed by atoms with Gasteiger partial charge in [0.2, 0.25) is 0 Å². The number of likely N-dealkylation sites (N-methyl/N-ethyl adjacent to an activating group) is 1. The van der Waals surface area contributed by atoms with Gasteiger partial charge in [0.25, 0.3) is 5.91 Å². The molecule has 0 aliphatic heterocycles. The highest BCUT2D eigenvalue weighted by Gasteiger charge is 2.08. The van der Waals surface area contributed by atoms with Gasteiger partial charge in [-0.2, -0.15) is 0 Å². The van der Waals surface area contributed by atoms with Gasteiger partial charge >= 0.3 is 0 Å². The summed E-state index contributed by atoms with van der Waals surface area (Å²) in [6, 6.07) is 23.2. The molecule has 138 valence electrons. The molecule has 3 N–H and O–H groups in total. The number of fused-ring (bicyclic) bond motifs is 4. The molecule has 28 heavy (non-hydrogen) atoms. The molecule has 0 aliphatic rings. The molecule has 0 fully saturated rings. The van der Waals surface area contributed by atoms with Gasteiger partial charge in [-0.3, -0.25) is 14.9 Å².